The van der Waals surface area contributed by atoms with Crippen molar-refractivity contribution < 1.29 is 9.90 Å². The molecule has 1 N–H and O–H groups in total. The second-order valence-corrected chi connectivity index (χ2v) is 5.82. The van der Waals surface area contributed by atoms with E-state index in [-0.39, 0.29) is 6.04 Å². The molecule has 94 valence electrons. The molecule has 0 spiro atoms. The smallest absolute Gasteiger partial charge is 0.408 e. The van der Waals surface area contributed by atoms with E-state index >= 15 is 0 Å². The molecule has 1 aromatic rings. The number of halogens is 1. The van der Waals surface area contributed by atoms with Gasteiger partial charge in [0.15, 0.2) is 0 Å². The van der Waals surface area contributed by atoms with E-state index in [0.29, 0.717) is 0 Å². The Hall–Kier alpha value is -1.10. The monoisotopic (exact) mass is 300 g/mol. The van der Waals surface area contributed by atoms with Gasteiger partial charge in [-0.1, -0.05) is 0 Å². The number of carboxylic acid groups (broad SMARTS) is 1. The molecule has 17 heavy (non-hydrogen) atoms. The van der Waals surface area contributed by atoms with Crippen molar-refractivity contribution in [2.75, 3.05) is 0 Å². The first kappa shape index (κ1) is 14.0. The number of hydrogen-bond donors (Lipinski definition) is 1. The van der Waals surface area contributed by atoms with E-state index in [1.807, 2.05) is 39.8 Å². The van der Waals surface area contributed by atoms with E-state index in [4.69, 9.17) is 0 Å². The molecule has 0 saturated heterocycles. The number of aromatic nitrogens is 1. The highest BCUT2D eigenvalue weighted by atomic mass is 79.9. The van der Waals surface area contributed by atoms with Gasteiger partial charge in [0.05, 0.1) is 11.7 Å². The Balaban J connectivity index is 3.04. The lowest BCUT2D eigenvalue weighted by Crippen LogP contribution is -2.46. The summed E-state index contributed by atoms with van der Waals surface area (Å²) in [6.07, 6.45) is 0.740. The van der Waals surface area contributed by atoms with Crippen LogP contribution in [0.15, 0.2) is 22.8 Å². The van der Waals surface area contributed by atoms with Crippen molar-refractivity contribution in [1.82, 2.24) is 9.88 Å². The first-order chi connectivity index (χ1) is 7.73. The lowest BCUT2D eigenvalue weighted by Gasteiger charge is -2.37. The Labute approximate surface area is 110 Å². The zero-order valence-electron chi connectivity index (χ0n) is 10.4. The van der Waals surface area contributed by atoms with Crippen molar-refractivity contribution in [3.63, 3.8) is 0 Å². The Kier molecular flexibility index (Phi) is 4.14. The van der Waals surface area contributed by atoms with Crippen LogP contribution in [-0.2, 0) is 0 Å². The van der Waals surface area contributed by atoms with Crippen LogP contribution in [0.1, 0.15) is 39.4 Å². The fourth-order valence-corrected chi connectivity index (χ4v) is 2.03. The minimum atomic E-state index is -0.935. The number of rotatable bonds is 2. The Morgan fingerprint density at radius 3 is 2.41 bits per heavy atom. The molecule has 4 nitrogen and oxygen atoms in total. The van der Waals surface area contributed by atoms with Crippen molar-refractivity contribution >= 4 is 22.0 Å². The van der Waals surface area contributed by atoms with Gasteiger partial charge in [0.2, 0.25) is 0 Å². The summed E-state index contributed by atoms with van der Waals surface area (Å²) >= 11 is 3.31. The van der Waals surface area contributed by atoms with Crippen LogP contribution >= 0.6 is 15.9 Å². The molecule has 0 bridgehead atoms. The number of pyridine rings is 1. The standard InChI is InChI=1S/C12H17BrN2O2/c1-8(10-6-5-9(13)7-14-10)15(11(16)17)12(2,3)4/h5-8H,1-4H3,(H,16,17). The molecule has 1 unspecified atom stereocenters. The molecule has 1 amide bonds. The number of carbonyl (C=O) groups is 1. The number of amides is 1. The average molecular weight is 301 g/mol. The molecule has 1 atom stereocenters. The van der Waals surface area contributed by atoms with E-state index in [9.17, 15) is 9.90 Å². The maximum atomic E-state index is 11.3. The van der Waals surface area contributed by atoms with Crippen molar-refractivity contribution in [3.8, 4) is 0 Å². The molecule has 1 rings (SSSR count). The maximum absolute atomic E-state index is 11.3. The molecule has 0 fully saturated rings. The molecular formula is C12H17BrN2O2. The van der Waals surface area contributed by atoms with Gasteiger partial charge in [-0.25, -0.2) is 4.79 Å². The molecule has 0 aliphatic heterocycles. The van der Waals surface area contributed by atoms with E-state index < -0.39 is 11.6 Å². The van der Waals surface area contributed by atoms with Gasteiger partial charge in [-0.2, -0.15) is 0 Å². The molecule has 0 saturated carbocycles. The summed E-state index contributed by atoms with van der Waals surface area (Å²) in [5.41, 5.74) is 0.283. The molecule has 0 aliphatic rings. The zero-order valence-corrected chi connectivity index (χ0v) is 12.0. The van der Waals surface area contributed by atoms with Crippen LogP contribution in [0.5, 0.6) is 0 Å². The van der Waals surface area contributed by atoms with Crippen LogP contribution in [0.3, 0.4) is 0 Å². The van der Waals surface area contributed by atoms with Gasteiger partial charge in [-0.3, -0.25) is 9.88 Å². The first-order valence-corrected chi connectivity index (χ1v) is 6.16. The maximum Gasteiger partial charge on any atom is 0.408 e. The van der Waals surface area contributed by atoms with Gasteiger partial charge in [0, 0.05) is 16.2 Å². The lowest BCUT2D eigenvalue weighted by atomic mass is 10.0. The van der Waals surface area contributed by atoms with Crippen molar-refractivity contribution in [2.24, 2.45) is 0 Å². The van der Waals surface area contributed by atoms with Crippen LogP contribution < -0.4 is 0 Å². The summed E-state index contributed by atoms with van der Waals surface area (Å²) in [5.74, 6) is 0. The fourth-order valence-electron chi connectivity index (χ4n) is 1.80. The summed E-state index contributed by atoms with van der Waals surface area (Å²) in [4.78, 5) is 17.0. The topological polar surface area (TPSA) is 53.4 Å². The molecule has 5 heteroatoms. The summed E-state index contributed by atoms with van der Waals surface area (Å²) in [7, 11) is 0. The highest BCUT2D eigenvalue weighted by Gasteiger charge is 2.32. The molecule has 0 aliphatic carbocycles. The normalized spacial score (nSPS) is 13.2. The number of hydrogen-bond acceptors (Lipinski definition) is 2. The Morgan fingerprint density at radius 2 is 2.06 bits per heavy atom. The van der Waals surface area contributed by atoms with Crippen molar-refractivity contribution in [1.29, 1.82) is 0 Å². The van der Waals surface area contributed by atoms with Crippen LogP contribution in [-0.4, -0.2) is 26.6 Å². The SMILES string of the molecule is CC(c1ccc(Br)cn1)N(C(=O)O)C(C)(C)C. The molecule has 1 heterocycles. The second kappa shape index (κ2) is 5.04. The largest absolute Gasteiger partial charge is 0.465 e. The van der Waals surface area contributed by atoms with Gasteiger partial charge < -0.3 is 5.11 Å². The van der Waals surface area contributed by atoms with E-state index in [1.165, 1.54) is 4.90 Å². The molecule has 0 radical (unpaired) electrons. The highest BCUT2D eigenvalue weighted by molar-refractivity contribution is 9.10. The predicted molar refractivity (Wildman–Crippen MR) is 70.0 cm³/mol. The minimum absolute atomic E-state index is 0.277. The summed E-state index contributed by atoms with van der Waals surface area (Å²) in [6, 6.07) is 3.42. The highest BCUT2D eigenvalue weighted by Crippen LogP contribution is 2.27. The van der Waals surface area contributed by atoms with Crippen LogP contribution in [0.4, 0.5) is 4.79 Å². The third kappa shape index (κ3) is 3.43. The van der Waals surface area contributed by atoms with Gasteiger partial charge in [-0.05, 0) is 55.8 Å². The third-order valence-electron chi connectivity index (χ3n) is 2.49. The van der Waals surface area contributed by atoms with Gasteiger partial charge >= 0.3 is 6.09 Å². The fraction of sp³-hybridized carbons (Fsp3) is 0.500. The number of nitrogens with zero attached hydrogens (tertiary/aromatic N) is 2. The summed E-state index contributed by atoms with van der Waals surface area (Å²) in [6.45, 7) is 7.46. The Bertz CT molecular complexity index is 398. The lowest BCUT2D eigenvalue weighted by molar-refractivity contribution is 0.0740. The predicted octanol–water partition coefficient (Wildman–Crippen LogP) is 3.68. The van der Waals surface area contributed by atoms with E-state index in [1.54, 1.807) is 6.20 Å². The summed E-state index contributed by atoms with van der Waals surface area (Å²) < 4.78 is 0.881. The van der Waals surface area contributed by atoms with Crippen molar-refractivity contribution in [3.05, 3.63) is 28.5 Å². The average Bonchev–Trinajstić information content (AvgIpc) is 2.15. The van der Waals surface area contributed by atoms with E-state index in [0.717, 1.165) is 10.2 Å². The second-order valence-electron chi connectivity index (χ2n) is 4.90. The third-order valence-corrected chi connectivity index (χ3v) is 2.96. The summed E-state index contributed by atoms with van der Waals surface area (Å²) in [5, 5.41) is 9.28. The quantitative estimate of drug-likeness (QED) is 0.906. The van der Waals surface area contributed by atoms with E-state index in [2.05, 4.69) is 20.9 Å². The molecule has 0 aromatic carbocycles. The van der Waals surface area contributed by atoms with Crippen LogP contribution in [0, 0.1) is 0 Å². The molecular weight excluding hydrogens is 284 g/mol. The molecule has 1 aromatic heterocycles. The van der Waals surface area contributed by atoms with Crippen LogP contribution in [0.2, 0.25) is 0 Å². The first-order valence-electron chi connectivity index (χ1n) is 5.37. The van der Waals surface area contributed by atoms with Gasteiger partial charge in [-0.15, -0.1) is 0 Å². The van der Waals surface area contributed by atoms with Gasteiger partial charge in [0.1, 0.15) is 0 Å². The Morgan fingerprint density at radius 1 is 1.47 bits per heavy atom. The zero-order chi connectivity index (χ0) is 13.2. The van der Waals surface area contributed by atoms with Gasteiger partial charge in [0.25, 0.3) is 0 Å². The van der Waals surface area contributed by atoms with Crippen molar-refractivity contribution in [2.45, 2.75) is 39.3 Å². The minimum Gasteiger partial charge on any atom is -0.465 e. The van der Waals surface area contributed by atoms with Crippen LogP contribution in [0.25, 0.3) is 0 Å².